The van der Waals surface area contributed by atoms with E-state index in [0.29, 0.717) is 25.0 Å². The predicted octanol–water partition coefficient (Wildman–Crippen LogP) is 1.86. The molecule has 1 aliphatic rings. The van der Waals surface area contributed by atoms with Crippen LogP contribution in [0.5, 0.6) is 0 Å². The Morgan fingerprint density at radius 3 is 2.25 bits per heavy atom. The van der Waals surface area contributed by atoms with Crippen LogP contribution in [-0.2, 0) is 9.59 Å². The lowest BCUT2D eigenvalue weighted by Crippen LogP contribution is -2.51. The van der Waals surface area contributed by atoms with Gasteiger partial charge in [-0.25, -0.2) is 4.79 Å². The van der Waals surface area contributed by atoms with Crippen molar-refractivity contribution < 1.29 is 14.7 Å². The van der Waals surface area contributed by atoms with E-state index in [1.54, 1.807) is 0 Å². The molecule has 0 aromatic heterocycles. The third kappa shape index (κ3) is 5.12. The summed E-state index contributed by atoms with van der Waals surface area (Å²) in [6.07, 6.45) is 3.87. The molecule has 0 radical (unpaired) electrons. The minimum atomic E-state index is -0.952. The van der Waals surface area contributed by atoms with E-state index < -0.39 is 12.0 Å². The van der Waals surface area contributed by atoms with Crippen molar-refractivity contribution in [3.05, 3.63) is 0 Å². The zero-order chi connectivity index (χ0) is 15.3. The Morgan fingerprint density at radius 2 is 1.80 bits per heavy atom. The Balaban J connectivity index is 2.54. The number of nitrogens with zero attached hydrogens (tertiary/aromatic N) is 1. The smallest absolute Gasteiger partial charge is 0.326 e. The predicted molar refractivity (Wildman–Crippen MR) is 78.5 cm³/mol. The molecule has 0 saturated carbocycles. The van der Waals surface area contributed by atoms with E-state index >= 15 is 0 Å². The van der Waals surface area contributed by atoms with Crippen molar-refractivity contribution in [2.45, 2.75) is 71.5 Å². The minimum Gasteiger partial charge on any atom is -0.480 e. The molecule has 0 aliphatic carbocycles. The van der Waals surface area contributed by atoms with E-state index in [2.05, 4.69) is 24.1 Å². The molecule has 116 valence electrons. The van der Waals surface area contributed by atoms with Crippen molar-refractivity contribution >= 4 is 11.9 Å². The summed E-state index contributed by atoms with van der Waals surface area (Å²) in [6, 6.07) is -0.00587. The van der Waals surface area contributed by atoms with Crippen molar-refractivity contribution in [1.29, 1.82) is 0 Å². The number of hydrogen-bond acceptors (Lipinski definition) is 3. The first-order valence-electron chi connectivity index (χ1n) is 7.59. The fraction of sp³-hybridized carbons (Fsp3) is 0.867. The number of amides is 1. The van der Waals surface area contributed by atoms with Gasteiger partial charge in [0.15, 0.2) is 0 Å². The molecule has 20 heavy (non-hydrogen) atoms. The van der Waals surface area contributed by atoms with E-state index in [-0.39, 0.29) is 11.8 Å². The van der Waals surface area contributed by atoms with Crippen LogP contribution in [-0.4, -0.2) is 46.6 Å². The molecule has 3 unspecified atom stereocenters. The standard InChI is InChI=1S/C15H28N2O3/c1-10(2)8-13(15(19)20)16-14(18)9-17-11(3)6-5-7-12(17)4/h10-13H,5-9H2,1-4H3,(H,16,18)(H,19,20). The summed E-state index contributed by atoms with van der Waals surface area (Å²) in [5.74, 6) is -0.894. The van der Waals surface area contributed by atoms with Crippen LogP contribution >= 0.6 is 0 Å². The lowest BCUT2D eigenvalue weighted by atomic mass is 9.97. The van der Waals surface area contributed by atoms with Gasteiger partial charge in [-0.1, -0.05) is 20.3 Å². The molecule has 1 aliphatic heterocycles. The van der Waals surface area contributed by atoms with E-state index in [1.165, 1.54) is 6.42 Å². The maximum Gasteiger partial charge on any atom is 0.326 e. The minimum absolute atomic E-state index is 0.182. The highest BCUT2D eigenvalue weighted by Gasteiger charge is 2.28. The van der Waals surface area contributed by atoms with Gasteiger partial charge in [0.05, 0.1) is 6.54 Å². The van der Waals surface area contributed by atoms with Crippen LogP contribution in [0.4, 0.5) is 0 Å². The first kappa shape index (κ1) is 17.0. The van der Waals surface area contributed by atoms with Crippen LogP contribution in [0.3, 0.4) is 0 Å². The first-order valence-corrected chi connectivity index (χ1v) is 7.59. The molecule has 0 aromatic rings. The molecule has 3 atom stereocenters. The summed E-state index contributed by atoms with van der Waals surface area (Å²) in [5, 5.41) is 11.8. The van der Waals surface area contributed by atoms with Crippen LogP contribution in [0.1, 0.15) is 53.4 Å². The zero-order valence-corrected chi connectivity index (χ0v) is 13.1. The van der Waals surface area contributed by atoms with Crippen molar-refractivity contribution in [3.8, 4) is 0 Å². The molecule has 5 heteroatoms. The van der Waals surface area contributed by atoms with E-state index in [4.69, 9.17) is 5.11 Å². The van der Waals surface area contributed by atoms with Gasteiger partial charge in [-0.15, -0.1) is 0 Å². The van der Waals surface area contributed by atoms with Crippen LogP contribution in [0.2, 0.25) is 0 Å². The van der Waals surface area contributed by atoms with E-state index in [0.717, 1.165) is 12.8 Å². The fourth-order valence-electron chi connectivity index (χ4n) is 2.89. The van der Waals surface area contributed by atoms with Gasteiger partial charge >= 0.3 is 5.97 Å². The molecule has 1 rings (SSSR count). The summed E-state index contributed by atoms with van der Waals surface area (Å²) in [5.41, 5.74) is 0. The Labute approximate surface area is 121 Å². The number of carboxylic acids is 1. The van der Waals surface area contributed by atoms with Gasteiger partial charge in [-0.05, 0) is 39.0 Å². The molecular weight excluding hydrogens is 256 g/mol. The Morgan fingerprint density at radius 1 is 1.25 bits per heavy atom. The van der Waals surface area contributed by atoms with Crippen molar-refractivity contribution in [2.75, 3.05) is 6.54 Å². The summed E-state index contributed by atoms with van der Waals surface area (Å²) in [6.45, 7) is 8.47. The fourth-order valence-corrected chi connectivity index (χ4v) is 2.89. The highest BCUT2D eigenvalue weighted by molar-refractivity contribution is 5.84. The number of likely N-dealkylation sites (tertiary alicyclic amines) is 1. The van der Waals surface area contributed by atoms with Crippen LogP contribution < -0.4 is 5.32 Å². The van der Waals surface area contributed by atoms with E-state index in [1.807, 2.05) is 13.8 Å². The molecule has 1 fully saturated rings. The second-order valence-electron chi connectivity index (χ2n) is 6.39. The number of aliphatic carboxylic acids is 1. The zero-order valence-electron chi connectivity index (χ0n) is 13.1. The van der Waals surface area contributed by atoms with Gasteiger partial charge in [0, 0.05) is 12.1 Å². The lowest BCUT2D eigenvalue weighted by molar-refractivity contribution is -0.142. The monoisotopic (exact) mass is 284 g/mol. The van der Waals surface area contributed by atoms with Crippen LogP contribution in [0.15, 0.2) is 0 Å². The maximum atomic E-state index is 12.1. The lowest BCUT2D eigenvalue weighted by Gasteiger charge is -2.38. The average Bonchev–Trinajstić information content (AvgIpc) is 2.32. The second-order valence-corrected chi connectivity index (χ2v) is 6.39. The van der Waals surface area contributed by atoms with Gasteiger partial charge in [-0.3, -0.25) is 9.69 Å². The SMILES string of the molecule is CC(C)CC(NC(=O)CN1C(C)CCCC1C)C(=O)O. The topological polar surface area (TPSA) is 69.6 Å². The summed E-state index contributed by atoms with van der Waals surface area (Å²) < 4.78 is 0. The molecule has 0 aromatic carbocycles. The number of nitrogens with one attached hydrogen (secondary N) is 1. The molecule has 1 saturated heterocycles. The second kappa shape index (κ2) is 7.62. The molecule has 1 amide bonds. The number of piperidine rings is 1. The quantitative estimate of drug-likeness (QED) is 0.781. The molecule has 0 bridgehead atoms. The van der Waals surface area contributed by atoms with Gasteiger partial charge in [0.1, 0.15) is 6.04 Å². The molecular formula is C15H28N2O3. The first-order chi connectivity index (χ1) is 9.31. The van der Waals surface area contributed by atoms with Crippen molar-refractivity contribution in [1.82, 2.24) is 10.2 Å². The van der Waals surface area contributed by atoms with Gasteiger partial charge in [0.25, 0.3) is 0 Å². The van der Waals surface area contributed by atoms with Gasteiger partial charge in [0.2, 0.25) is 5.91 Å². The summed E-state index contributed by atoms with van der Waals surface area (Å²) >= 11 is 0. The van der Waals surface area contributed by atoms with Gasteiger partial charge < -0.3 is 10.4 Å². The molecule has 2 N–H and O–H groups in total. The summed E-state index contributed by atoms with van der Waals surface area (Å²) in [7, 11) is 0. The van der Waals surface area contributed by atoms with Crippen LogP contribution in [0, 0.1) is 5.92 Å². The Hall–Kier alpha value is -1.10. The highest BCUT2D eigenvalue weighted by atomic mass is 16.4. The third-order valence-corrected chi connectivity index (χ3v) is 4.04. The average molecular weight is 284 g/mol. The molecule has 5 nitrogen and oxygen atoms in total. The third-order valence-electron chi connectivity index (χ3n) is 4.04. The van der Waals surface area contributed by atoms with Gasteiger partial charge in [-0.2, -0.15) is 0 Å². The molecule has 0 spiro atoms. The largest absolute Gasteiger partial charge is 0.480 e. The Kier molecular flexibility index (Phi) is 6.46. The van der Waals surface area contributed by atoms with Crippen LogP contribution in [0.25, 0.3) is 0 Å². The van der Waals surface area contributed by atoms with Crippen molar-refractivity contribution in [3.63, 3.8) is 0 Å². The Bertz CT molecular complexity index is 334. The summed E-state index contributed by atoms with van der Waals surface area (Å²) in [4.78, 5) is 25.4. The number of carbonyl (C=O) groups is 2. The number of carboxylic acid groups (broad SMARTS) is 1. The molecule has 1 heterocycles. The number of rotatable bonds is 6. The van der Waals surface area contributed by atoms with Crippen molar-refractivity contribution in [2.24, 2.45) is 5.92 Å². The van der Waals surface area contributed by atoms with E-state index in [9.17, 15) is 9.59 Å². The highest BCUT2D eigenvalue weighted by Crippen LogP contribution is 2.21. The normalized spacial score (nSPS) is 25.4. The maximum absolute atomic E-state index is 12.1. The number of carbonyl (C=O) groups excluding carboxylic acids is 1. The number of hydrogen-bond donors (Lipinski definition) is 2.